The lowest BCUT2D eigenvalue weighted by atomic mass is 10.1. The summed E-state index contributed by atoms with van der Waals surface area (Å²) in [6.07, 6.45) is 0.349. The zero-order valence-electron chi connectivity index (χ0n) is 7.30. The van der Waals surface area contributed by atoms with Crippen LogP contribution in [0.3, 0.4) is 0 Å². The Morgan fingerprint density at radius 1 is 1.57 bits per heavy atom. The summed E-state index contributed by atoms with van der Waals surface area (Å²) in [4.78, 5) is 0. The number of benzene rings is 1. The highest BCUT2D eigenvalue weighted by atomic mass is 79.9. The van der Waals surface area contributed by atoms with Crippen molar-refractivity contribution in [2.75, 3.05) is 6.61 Å². The summed E-state index contributed by atoms with van der Waals surface area (Å²) in [5.41, 5.74) is 6.24. The Kier molecular flexibility index (Phi) is 4.31. The molecule has 0 spiro atoms. The molecule has 0 saturated heterocycles. The Morgan fingerprint density at radius 3 is 2.79 bits per heavy atom. The second kappa shape index (κ2) is 5.07. The lowest BCUT2D eigenvalue weighted by Crippen LogP contribution is -2.13. The minimum atomic E-state index is -0.502. The molecule has 5 heteroatoms. The minimum absolute atomic E-state index is 0.0142. The van der Waals surface area contributed by atoms with E-state index >= 15 is 0 Å². The van der Waals surface area contributed by atoms with E-state index in [4.69, 9.17) is 22.4 Å². The highest BCUT2D eigenvalue weighted by Gasteiger charge is 2.16. The van der Waals surface area contributed by atoms with Crippen molar-refractivity contribution in [2.45, 2.75) is 12.5 Å². The number of aliphatic hydroxyl groups excluding tert-OH is 1. The average Bonchev–Trinajstić information content (AvgIpc) is 2.13. The predicted molar refractivity (Wildman–Crippen MR) is 57.7 cm³/mol. The quantitative estimate of drug-likeness (QED) is 0.837. The zero-order chi connectivity index (χ0) is 10.7. The van der Waals surface area contributed by atoms with Gasteiger partial charge in [0.25, 0.3) is 0 Å². The molecule has 0 aliphatic rings. The third-order valence-corrected chi connectivity index (χ3v) is 2.97. The first-order chi connectivity index (χ1) is 6.57. The highest BCUT2D eigenvalue weighted by molar-refractivity contribution is 9.10. The van der Waals surface area contributed by atoms with Gasteiger partial charge in [-0.25, -0.2) is 4.39 Å². The third-order valence-electron chi connectivity index (χ3n) is 1.89. The van der Waals surface area contributed by atoms with Gasteiger partial charge in [-0.2, -0.15) is 0 Å². The zero-order valence-corrected chi connectivity index (χ0v) is 9.65. The van der Waals surface area contributed by atoms with Crippen molar-refractivity contribution in [2.24, 2.45) is 5.73 Å². The molecule has 0 fully saturated rings. The van der Waals surface area contributed by atoms with Gasteiger partial charge in [-0.05, 0) is 18.6 Å². The number of rotatable bonds is 3. The summed E-state index contributed by atoms with van der Waals surface area (Å²) in [5, 5.41) is 8.73. The molecule has 1 rings (SSSR count). The molecule has 0 aromatic heterocycles. The maximum absolute atomic E-state index is 13.1. The predicted octanol–water partition coefficient (Wildman–Crippen LogP) is 2.62. The molecule has 1 aromatic carbocycles. The Bertz CT molecular complexity index is 335. The monoisotopic (exact) mass is 281 g/mol. The van der Waals surface area contributed by atoms with Crippen molar-refractivity contribution >= 4 is 27.5 Å². The van der Waals surface area contributed by atoms with Crippen LogP contribution < -0.4 is 5.73 Å². The van der Waals surface area contributed by atoms with E-state index < -0.39 is 11.9 Å². The van der Waals surface area contributed by atoms with Gasteiger partial charge in [0.05, 0.1) is 5.02 Å². The van der Waals surface area contributed by atoms with Crippen molar-refractivity contribution in [1.29, 1.82) is 0 Å². The van der Waals surface area contributed by atoms with Crippen LogP contribution in [-0.2, 0) is 0 Å². The first-order valence-corrected chi connectivity index (χ1v) is 5.25. The van der Waals surface area contributed by atoms with E-state index in [0.29, 0.717) is 16.5 Å². The van der Waals surface area contributed by atoms with Crippen LogP contribution in [0.25, 0.3) is 0 Å². The first-order valence-electron chi connectivity index (χ1n) is 4.07. The van der Waals surface area contributed by atoms with Gasteiger partial charge in [0.15, 0.2) is 0 Å². The second-order valence-corrected chi connectivity index (χ2v) is 4.11. The smallest absolute Gasteiger partial charge is 0.142 e. The molecule has 78 valence electrons. The molecule has 0 heterocycles. The van der Waals surface area contributed by atoms with E-state index in [2.05, 4.69) is 15.9 Å². The number of halogens is 3. The van der Waals surface area contributed by atoms with Crippen molar-refractivity contribution < 1.29 is 9.50 Å². The van der Waals surface area contributed by atoms with E-state index in [9.17, 15) is 4.39 Å². The SMILES string of the molecule is NC(CCO)c1c(Br)ccc(F)c1Cl. The number of hydrogen-bond acceptors (Lipinski definition) is 2. The van der Waals surface area contributed by atoms with Gasteiger partial charge < -0.3 is 10.8 Å². The van der Waals surface area contributed by atoms with E-state index in [1.54, 1.807) is 6.07 Å². The van der Waals surface area contributed by atoms with Crippen LogP contribution in [-0.4, -0.2) is 11.7 Å². The maximum atomic E-state index is 13.1. The summed E-state index contributed by atoms with van der Waals surface area (Å²) in [5.74, 6) is -0.502. The number of hydrogen-bond donors (Lipinski definition) is 2. The van der Waals surface area contributed by atoms with Crippen molar-refractivity contribution in [3.63, 3.8) is 0 Å². The molecule has 2 nitrogen and oxygen atoms in total. The van der Waals surface area contributed by atoms with Crippen LogP contribution in [0.5, 0.6) is 0 Å². The molecular weight excluding hydrogens is 272 g/mol. The normalized spacial score (nSPS) is 12.9. The Hall–Kier alpha value is -0.160. The molecule has 1 aromatic rings. The molecule has 1 unspecified atom stereocenters. The van der Waals surface area contributed by atoms with Crippen LogP contribution in [0.1, 0.15) is 18.0 Å². The van der Waals surface area contributed by atoms with Gasteiger partial charge in [0, 0.05) is 22.7 Å². The number of nitrogens with two attached hydrogens (primary N) is 1. The number of aliphatic hydroxyl groups is 1. The van der Waals surface area contributed by atoms with Crippen molar-refractivity contribution in [1.82, 2.24) is 0 Å². The molecular formula is C9H10BrClFNO. The van der Waals surface area contributed by atoms with E-state index in [1.807, 2.05) is 0 Å². The summed E-state index contributed by atoms with van der Waals surface area (Å²) < 4.78 is 13.7. The first kappa shape index (κ1) is 11.9. The summed E-state index contributed by atoms with van der Waals surface area (Å²) in [6.45, 7) is -0.0551. The van der Waals surface area contributed by atoms with Gasteiger partial charge in [0.2, 0.25) is 0 Å². The van der Waals surface area contributed by atoms with E-state index in [-0.39, 0.29) is 11.6 Å². The van der Waals surface area contributed by atoms with Gasteiger partial charge in [-0.1, -0.05) is 27.5 Å². The molecule has 1 atom stereocenters. The fourth-order valence-electron chi connectivity index (χ4n) is 1.17. The molecule has 0 amide bonds. The third kappa shape index (κ3) is 2.45. The topological polar surface area (TPSA) is 46.2 Å². The molecule has 3 N–H and O–H groups in total. The van der Waals surface area contributed by atoms with Crippen LogP contribution in [0, 0.1) is 5.82 Å². The second-order valence-electron chi connectivity index (χ2n) is 2.88. The maximum Gasteiger partial charge on any atom is 0.142 e. The lowest BCUT2D eigenvalue weighted by Gasteiger charge is -2.14. The molecule has 0 bridgehead atoms. The van der Waals surface area contributed by atoms with Gasteiger partial charge >= 0.3 is 0 Å². The minimum Gasteiger partial charge on any atom is -0.396 e. The average molecular weight is 283 g/mol. The summed E-state index contributed by atoms with van der Waals surface area (Å²) in [7, 11) is 0. The molecule has 14 heavy (non-hydrogen) atoms. The molecule has 0 saturated carbocycles. The Balaban J connectivity index is 3.11. The Labute approximate surface area is 95.0 Å². The van der Waals surface area contributed by atoms with Crippen LogP contribution in [0.4, 0.5) is 4.39 Å². The summed E-state index contributed by atoms with van der Waals surface area (Å²) >= 11 is 9.00. The fraction of sp³-hybridized carbons (Fsp3) is 0.333. The van der Waals surface area contributed by atoms with Crippen LogP contribution >= 0.6 is 27.5 Å². The van der Waals surface area contributed by atoms with Gasteiger partial charge in [-0.15, -0.1) is 0 Å². The van der Waals surface area contributed by atoms with Crippen LogP contribution in [0.15, 0.2) is 16.6 Å². The van der Waals surface area contributed by atoms with Gasteiger partial charge in [0.1, 0.15) is 5.82 Å². The Morgan fingerprint density at radius 2 is 2.21 bits per heavy atom. The van der Waals surface area contributed by atoms with E-state index in [0.717, 1.165) is 0 Å². The molecule has 0 aliphatic heterocycles. The van der Waals surface area contributed by atoms with E-state index in [1.165, 1.54) is 6.07 Å². The molecule has 0 radical (unpaired) electrons. The standard InChI is InChI=1S/C9H10BrClFNO/c10-5-1-2-6(12)9(11)8(5)7(13)3-4-14/h1-2,7,14H,3-4,13H2. The highest BCUT2D eigenvalue weighted by Crippen LogP contribution is 2.32. The van der Waals surface area contributed by atoms with Crippen molar-refractivity contribution in [3.8, 4) is 0 Å². The largest absolute Gasteiger partial charge is 0.396 e. The lowest BCUT2D eigenvalue weighted by molar-refractivity contribution is 0.276. The summed E-state index contributed by atoms with van der Waals surface area (Å²) in [6, 6.07) is 2.35. The van der Waals surface area contributed by atoms with Crippen LogP contribution in [0.2, 0.25) is 5.02 Å². The van der Waals surface area contributed by atoms with Crippen molar-refractivity contribution in [3.05, 3.63) is 33.0 Å². The molecule has 0 aliphatic carbocycles. The van der Waals surface area contributed by atoms with Gasteiger partial charge in [-0.3, -0.25) is 0 Å². The fourth-order valence-corrected chi connectivity index (χ4v) is 2.21.